The predicted molar refractivity (Wildman–Crippen MR) is 115 cm³/mol. The highest BCUT2D eigenvalue weighted by Crippen LogP contribution is 2.25. The van der Waals surface area contributed by atoms with Crippen LogP contribution in [-0.2, 0) is 7.05 Å². The lowest BCUT2D eigenvalue weighted by atomic mass is 10.1. The molecule has 10 heteroatoms. The Kier molecular flexibility index (Phi) is 5.21. The zero-order valence-corrected chi connectivity index (χ0v) is 17.8. The number of hydrogen-bond acceptors (Lipinski definition) is 7. The quantitative estimate of drug-likeness (QED) is 0.479. The van der Waals surface area contributed by atoms with Gasteiger partial charge in [0.15, 0.2) is 5.82 Å². The van der Waals surface area contributed by atoms with Gasteiger partial charge in [-0.05, 0) is 29.6 Å². The largest absolute Gasteiger partial charge is 0.473 e. The first-order chi connectivity index (χ1) is 15.2. The number of thiophene rings is 1. The lowest BCUT2D eigenvalue weighted by Crippen LogP contribution is -2.42. The SMILES string of the molecule is Cn1nc(-c2cccs2)cc1C(=O)N1CCC(Oc2ccc(-n3cccn3)nn2)CC1. The van der Waals surface area contributed by atoms with E-state index in [1.165, 1.54) is 0 Å². The van der Waals surface area contributed by atoms with E-state index in [1.54, 1.807) is 33.0 Å². The Bertz CT molecular complexity index is 1150. The van der Waals surface area contributed by atoms with Gasteiger partial charge in [0.25, 0.3) is 5.91 Å². The first kappa shape index (κ1) is 19.4. The maximum absolute atomic E-state index is 13.0. The van der Waals surface area contributed by atoms with Crippen molar-refractivity contribution in [3.8, 4) is 22.3 Å². The van der Waals surface area contributed by atoms with Gasteiger partial charge in [0.1, 0.15) is 17.5 Å². The van der Waals surface area contributed by atoms with Gasteiger partial charge in [-0.3, -0.25) is 9.48 Å². The second-order valence-electron chi connectivity index (χ2n) is 7.31. The fourth-order valence-electron chi connectivity index (χ4n) is 3.62. The Labute approximate surface area is 182 Å². The van der Waals surface area contributed by atoms with Crippen LogP contribution in [0.2, 0.25) is 0 Å². The summed E-state index contributed by atoms with van der Waals surface area (Å²) < 4.78 is 9.29. The van der Waals surface area contributed by atoms with Gasteiger partial charge in [-0.1, -0.05) is 6.07 Å². The number of hydrogen-bond donors (Lipinski definition) is 0. The van der Waals surface area contributed by atoms with Gasteiger partial charge in [0, 0.05) is 51.4 Å². The van der Waals surface area contributed by atoms with Crippen molar-refractivity contribution in [3.63, 3.8) is 0 Å². The summed E-state index contributed by atoms with van der Waals surface area (Å²) >= 11 is 1.61. The molecule has 9 nitrogen and oxygen atoms in total. The number of carbonyl (C=O) groups is 1. The number of aryl methyl sites for hydroxylation is 1. The molecule has 1 saturated heterocycles. The van der Waals surface area contributed by atoms with E-state index in [-0.39, 0.29) is 12.0 Å². The summed E-state index contributed by atoms with van der Waals surface area (Å²) in [5.74, 6) is 1.11. The third-order valence-corrected chi connectivity index (χ3v) is 6.15. The average molecular weight is 436 g/mol. The number of likely N-dealkylation sites (tertiary alicyclic amines) is 1. The molecule has 0 unspecified atom stereocenters. The number of ether oxygens (including phenoxy) is 1. The minimum atomic E-state index is -0.000349. The molecule has 5 rings (SSSR count). The lowest BCUT2D eigenvalue weighted by Gasteiger charge is -2.31. The van der Waals surface area contributed by atoms with Crippen molar-refractivity contribution in [1.82, 2.24) is 34.7 Å². The van der Waals surface area contributed by atoms with Crippen molar-refractivity contribution < 1.29 is 9.53 Å². The molecule has 1 amide bonds. The third kappa shape index (κ3) is 4.06. The van der Waals surface area contributed by atoms with E-state index in [0.717, 1.165) is 23.4 Å². The van der Waals surface area contributed by atoms with Gasteiger partial charge in [0.05, 0.1) is 4.88 Å². The number of rotatable bonds is 5. The van der Waals surface area contributed by atoms with Crippen molar-refractivity contribution >= 4 is 17.2 Å². The van der Waals surface area contributed by atoms with Gasteiger partial charge in [-0.25, -0.2) is 4.68 Å². The smallest absolute Gasteiger partial charge is 0.272 e. The van der Waals surface area contributed by atoms with E-state index in [1.807, 2.05) is 53.9 Å². The van der Waals surface area contributed by atoms with Crippen LogP contribution in [0.25, 0.3) is 16.4 Å². The summed E-state index contributed by atoms with van der Waals surface area (Å²) in [6.45, 7) is 1.25. The Balaban J connectivity index is 1.18. The Morgan fingerprint density at radius 2 is 2.03 bits per heavy atom. The summed E-state index contributed by atoms with van der Waals surface area (Å²) in [6, 6.07) is 11.3. The third-order valence-electron chi connectivity index (χ3n) is 5.25. The zero-order valence-electron chi connectivity index (χ0n) is 17.0. The van der Waals surface area contributed by atoms with Gasteiger partial charge < -0.3 is 9.64 Å². The highest BCUT2D eigenvalue weighted by molar-refractivity contribution is 7.13. The van der Waals surface area contributed by atoms with E-state index >= 15 is 0 Å². The summed E-state index contributed by atoms with van der Waals surface area (Å²) in [7, 11) is 1.81. The van der Waals surface area contributed by atoms with Crippen LogP contribution < -0.4 is 4.74 Å². The van der Waals surface area contributed by atoms with Crippen LogP contribution in [0.15, 0.2) is 54.2 Å². The molecule has 5 heterocycles. The monoisotopic (exact) mass is 435 g/mol. The van der Waals surface area contributed by atoms with Crippen LogP contribution >= 0.6 is 11.3 Å². The van der Waals surface area contributed by atoms with Gasteiger partial charge in [0.2, 0.25) is 5.88 Å². The summed E-state index contributed by atoms with van der Waals surface area (Å²) in [6.07, 6.45) is 4.98. The highest BCUT2D eigenvalue weighted by atomic mass is 32.1. The number of carbonyl (C=O) groups excluding carboxylic acids is 1. The maximum atomic E-state index is 13.0. The molecule has 0 N–H and O–H groups in total. The average Bonchev–Trinajstić information content (AvgIpc) is 3.56. The molecule has 158 valence electrons. The fraction of sp³-hybridized carbons (Fsp3) is 0.286. The molecule has 0 atom stereocenters. The molecule has 4 aromatic heterocycles. The van der Waals surface area contributed by atoms with Gasteiger partial charge in [-0.2, -0.15) is 10.2 Å². The summed E-state index contributed by atoms with van der Waals surface area (Å²) in [5.41, 5.74) is 1.43. The minimum absolute atomic E-state index is 0.000349. The van der Waals surface area contributed by atoms with E-state index in [0.29, 0.717) is 30.5 Å². The van der Waals surface area contributed by atoms with E-state index in [2.05, 4.69) is 20.4 Å². The number of piperidine rings is 1. The molecule has 31 heavy (non-hydrogen) atoms. The van der Waals surface area contributed by atoms with E-state index in [9.17, 15) is 4.79 Å². The first-order valence-electron chi connectivity index (χ1n) is 10.0. The summed E-state index contributed by atoms with van der Waals surface area (Å²) in [5, 5.41) is 18.9. The van der Waals surface area contributed by atoms with Gasteiger partial charge >= 0.3 is 0 Å². The van der Waals surface area contributed by atoms with Crippen molar-refractivity contribution in [2.75, 3.05) is 13.1 Å². The number of aromatic nitrogens is 6. The Hall–Kier alpha value is -3.53. The molecular formula is C21H21N7O2S. The van der Waals surface area contributed by atoms with Crippen LogP contribution in [0, 0.1) is 0 Å². The van der Waals surface area contributed by atoms with E-state index < -0.39 is 0 Å². The van der Waals surface area contributed by atoms with Crippen LogP contribution in [0.1, 0.15) is 23.3 Å². The molecule has 0 spiro atoms. The van der Waals surface area contributed by atoms with Crippen LogP contribution in [0.5, 0.6) is 5.88 Å². The number of nitrogens with zero attached hydrogens (tertiary/aromatic N) is 7. The molecule has 1 aliphatic heterocycles. The predicted octanol–water partition coefficient (Wildman–Crippen LogP) is 2.81. The second kappa shape index (κ2) is 8.31. The molecule has 1 fully saturated rings. The van der Waals surface area contributed by atoms with Crippen molar-refractivity contribution in [3.05, 3.63) is 59.9 Å². The van der Waals surface area contributed by atoms with Gasteiger partial charge in [-0.15, -0.1) is 21.5 Å². The van der Waals surface area contributed by atoms with Crippen LogP contribution in [0.4, 0.5) is 0 Å². The molecule has 0 aliphatic carbocycles. The molecule has 0 bridgehead atoms. The molecule has 0 saturated carbocycles. The molecule has 4 aromatic rings. The van der Waals surface area contributed by atoms with Crippen molar-refractivity contribution in [2.45, 2.75) is 18.9 Å². The molecular weight excluding hydrogens is 414 g/mol. The van der Waals surface area contributed by atoms with Crippen molar-refractivity contribution in [2.24, 2.45) is 7.05 Å². The van der Waals surface area contributed by atoms with Crippen LogP contribution in [0.3, 0.4) is 0 Å². The van der Waals surface area contributed by atoms with Crippen LogP contribution in [-0.4, -0.2) is 59.8 Å². The normalized spacial score (nSPS) is 14.7. The Morgan fingerprint density at radius 1 is 1.16 bits per heavy atom. The first-order valence-corrected chi connectivity index (χ1v) is 10.9. The standard InChI is InChI=1S/C21H21N7O2S/c1-26-17(14-16(25-26)18-4-2-13-31-18)21(29)27-11-7-15(8-12-27)30-20-6-5-19(23-24-20)28-10-3-9-22-28/h2-6,9-10,13-15H,7-8,11-12H2,1H3. The lowest BCUT2D eigenvalue weighted by molar-refractivity contribution is 0.0576. The topological polar surface area (TPSA) is 91.0 Å². The van der Waals surface area contributed by atoms with Crippen molar-refractivity contribution in [1.29, 1.82) is 0 Å². The number of amides is 1. The maximum Gasteiger partial charge on any atom is 0.272 e. The van der Waals surface area contributed by atoms with E-state index in [4.69, 9.17) is 4.74 Å². The Morgan fingerprint density at radius 3 is 2.71 bits per heavy atom. The molecule has 0 radical (unpaired) electrons. The summed E-state index contributed by atoms with van der Waals surface area (Å²) in [4.78, 5) is 15.9. The zero-order chi connectivity index (χ0) is 21.2. The highest BCUT2D eigenvalue weighted by Gasteiger charge is 2.27. The fourth-order valence-corrected chi connectivity index (χ4v) is 4.31. The second-order valence-corrected chi connectivity index (χ2v) is 8.25. The molecule has 1 aliphatic rings. The minimum Gasteiger partial charge on any atom is -0.473 e. The molecule has 0 aromatic carbocycles.